The lowest BCUT2D eigenvalue weighted by atomic mass is 10.2. The fraction of sp³-hybridized carbons (Fsp3) is 0.200. The standard InChI is InChI=1S/C20H18F3NO4/c1-2-27-17-6-4-3-5-14(17)7-12-19(26)28-13-18(25)24-16-10-8-15(9-11-16)20(21,22)23/h3-12H,2,13H2,1H3,(H,24,25)/b12-7+. The van der Waals surface area contributed by atoms with Crippen molar-refractivity contribution in [3.05, 3.63) is 65.7 Å². The number of benzene rings is 2. The first-order valence-corrected chi connectivity index (χ1v) is 8.33. The average Bonchev–Trinajstić information content (AvgIpc) is 2.65. The minimum absolute atomic E-state index is 0.162. The average molecular weight is 393 g/mol. The minimum Gasteiger partial charge on any atom is -0.493 e. The van der Waals surface area contributed by atoms with E-state index in [2.05, 4.69) is 5.32 Å². The van der Waals surface area contributed by atoms with E-state index in [1.807, 2.05) is 6.92 Å². The van der Waals surface area contributed by atoms with Gasteiger partial charge < -0.3 is 14.8 Å². The molecule has 0 atom stereocenters. The summed E-state index contributed by atoms with van der Waals surface area (Å²) in [6.45, 7) is 1.74. The van der Waals surface area contributed by atoms with Gasteiger partial charge in [-0.1, -0.05) is 18.2 Å². The molecule has 0 aliphatic rings. The van der Waals surface area contributed by atoms with Crippen LogP contribution in [-0.2, 0) is 20.5 Å². The van der Waals surface area contributed by atoms with Crippen molar-refractivity contribution in [3.63, 3.8) is 0 Å². The number of hydrogen-bond donors (Lipinski definition) is 1. The molecule has 0 spiro atoms. The number of rotatable bonds is 7. The maximum atomic E-state index is 12.5. The molecular weight excluding hydrogens is 375 g/mol. The number of alkyl halides is 3. The van der Waals surface area contributed by atoms with E-state index in [0.29, 0.717) is 17.9 Å². The molecule has 28 heavy (non-hydrogen) atoms. The van der Waals surface area contributed by atoms with Gasteiger partial charge in [0.25, 0.3) is 5.91 Å². The van der Waals surface area contributed by atoms with Gasteiger partial charge in [0.15, 0.2) is 6.61 Å². The predicted octanol–water partition coefficient (Wildman–Crippen LogP) is 4.30. The molecule has 0 saturated heterocycles. The molecule has 0 heterocycles. The molecule has 148 valence electrons. The molecule has 0 radical (unpaired) electrons. The molecule has 0 aromatic heterocycles. The monoisotopic (exact) mass is 393 g/mol. The van der Waals surface area contributed by atoms with E-state index >= 15 is 0 Å². The molecule has 1 amide bonds. The molecule has 0 unspecified atom stereocenters. The summed E-state index contributed by atoms with van der Waals surface area (Å²) in [6, 6.07) is 11.0. The second-order valence-corrected chi connectivity index (χ2v) is 5.54. The van der Waals surface area contributed by atoms with E-state index in [0.717, 1.165) is 30.3 Å². The van der Waals surface area contributed by atoms with Crippen LogP contribution in [0.15, 0.2) is 54.6 Å². The van der Waals surface area contributed by atoms with Gasteiger partial charge in [-0.05, 0) is 43.3 Å². The fourth-order valence-electron chi connectivity index (χ4n) is 2.19. The highest BCUT2D eigenvalue weighted by Crippen LogP contribution is 2.29. The summed E-state index contributed by atoms with van der Waals surface area (Å²) in [7, 11) is 0. The Morgan fingerprint density at radius 1 is 1.07 bits per heavy atom. The Bertz CT molecular complexity index is 845. The van der Waals surface area contributed by atoms with E-state index in [9.17, 15) is 22.8 Å². The fourth-order valence-corrected chi connectivity index (χ4v) is 2.19. The van der Waals surface area contributed by atoms with Crippen LogP contribution in [0.1, 0.15) is 18.1 Å². The normalized spacial score (nSPS) is 11.3. The summed E-state index contributed by atoms with van der Waals surface area (Å²) in [6.07, 6.45) is -1.80. The SMILES string of the molecule is CCOc1ccccc1/C=C/C(=O)OCC(=O)Nc1ccc(C(F)(F)F)cc1. The highest BCUT2D eigenvalue weighted by molar-refractivity contribution is 5.94. The van der Waals surface area contributed by atoms with Crippen LogP contribution in [0.4, 0.5) is 18.9 Å². The number of halogens is 3. The van der Waals surface area contributed by atoms with Crippen molar-refractivity contribution in [2.45, 2.75) is 13.1 Å². The van der Waals surface area contributed by atoms with Crippen molar-refractivity contribution in [1.29, 1.82) is 0 Å². The van der Waals surface area contributed by atoms with Crippen LogP contribution in [0.2, 0.25) is 0 Å². The molecule has 2 rings (SSSR count). The Kier molecular flexibility index (Phi) is 7.20. The predicted molar refractivity (Wildman–Crippen MR) is 97.7 cm³/mol. The molecule has 2 aromatic carbocycles. The lowest BCUT2D eigenvalue weighted by Gasteiger charge is -2.09. The minimum atomic E-state index is -4.45. The lowest BCUT2D eigenvalue weighted by molar-refractivity contribution is -0.142. The van der Waals surface area contributed by atoms with Gasteiger partial charge in [-0.3, -0.25) is 4.79 Å². The number of carbonyl (C=O) groups is 2. The Morgan fingerprint density at radius 3 is 2.39 bits per heavy atom. The number of carbonyl (C=O) groups excluding carboxylic acids is 2. The quantitative estimate of drug-likeness (QED) is 0.563. The number of hydrogen-bond acceptors (Lipinski definition) is 4. The van der Waals surface area contributed by atoms with Crippen molar-refractivity contribution in [3.8, 4) is 5.75 Å². The van der Waals surface area contributed by atoms with Crippen molar-refractivity contribution < 1.29 is 32.2 Å². The summed E-state index contributed by atoms with van der Waals surface area (Å²) in [5, 5.41) is 2.35. The van der Waals surface area contributed by atoms with Crippen LogP contribution in [0.5, 0.6) is 5.75 Å². The summed E-state index contributed by atoms with van der Waals surface area (Å²) in [5.74, 6) is -0.806. The molecule has 8 heteroatoms. The van der Waals surface area contributed by atoms with Crippen LogP contribution in [0.3, 0.4) is 0 Å². The van der Waals surface area contributed by atoms with Gasteiger partial charge in [0.2, 0.25) is 0 Å². The molecule has 0 aliphatic carbocycles. The van der Waals surface area contributed by atoms with E-state index in [1.165, 1.54) is 6.08 Å². The van der Waals surface area contributed by atoms with Gasteiger partial charge in [0, 0.05) is 17.3 Å². The third kappa shape index (κ3) is 6.46. The van der Waals surface area contributed by atoms with Gasteiger partial charge >= 0.3 is 12.1 Å². The first kappa shape index (κ1) is 21.0. The zero-order chi connectivity index (χ0) is 20.6. The lowest BCUT2D eigenvalue weighted by Crippen LogP contribution is -2.20. The Morgan fingerprint density at radius 2 is 1.75 bits per heavy atom. The van der Waals surface area contributed by atoms with E-state index in [4.69, 9.17) is 9.47 Å². The van der Waals surface area contributed by atoms with Crippen LogP contribution in [0, 0.1) is 0 Å². The van der Waals surface area contributed by atoms with Crippen LogP contribution >= 0.6 is 0 Å². The summed E-state index contributed by atoms with van der Waals surface area (Å²) in [4.78, 5) is 23.5. The molecule has 0 saturated carbocycles. The second-order valence-electron chi connectivity index (χ2n) is 5.54. The number of ether oxygens (including phenoxy) is 2. The second kappa shape index (κ2) is 9.59. The first-order chi connectivity index (χ1) is 13.3. The zero-order valence-electron chi connectivity index (χ0n) is 15.0. The highest BCUT2D eigenvalue weighted by atomic mass is 19.4. The summed E-state index contributed by atoms with van der Waals surface area (Å²) in [5.41, 5.74) is 0.0140. The van der Waals surface area contributed by atoms with E-state index < -0.39 is 30.2 Å². The van der Waals surface area contributed by atoms with Crippen molar-refractivity contribution in [2.75, 3.05) is 18.5 Å². The summed E-state index contributed by atoms with van der Waals surface area (Å²) >= 11 is 0. The molecule has 0 fully saturated rings. The maximum absolute atomic E-state index is 12.5. The third-order valence-corrected chi connectivity index (χ3v) is 3.46. The first-order valence-electron chi connectivity index (χ1n) is 8.33. The highest BCUT2D eigenvalue weighted by Gasteiger charge is 2.29. The van der Waals surface area contributed by atoms with Crippen molar-refractivity contribution in [1.82, 2.24) is 0 Å². The molecular formula is C20H18F3NO4. The van der Waals surface area contributed by atoms with E-state index in [-0.39, 0.29) is 5.69 Å². The smallest absolute Gasteiger partial charge is 0.416 e. The largest absolute Gasteiger partial charge is 0.493 e. The number of anilines is 1. The van der Waals surface area contributed by atoms with Gasteiger partial charge in [-0.25, -0.2) is 4.79 Å². The van der Waals surface area contributed by atoms with Crippen LogP contribution < -0.4 is 10.1 Å². The van der Waals surface area contributed by atoms with Crippen molar-refractivity contribution >= 4 is 23.6 Å². The number of para-hydroxylation sites is 1. The van der Waals surface area contributed by atoms with Gasteiger partial charge in [-0.2, -0.15) is 13.2 Å². The van der Waals surface area contributed by atoms with Gasteiger partial charge in [-0.15, -0.1) is 0 Å². The van der Waals surface area contributed by atoms with E-state index in [1.54, 1.807) is 24.3 Å². The van der Waals surface area contributed by atoms with Crippen LogP contribution in [0.25, 0.3) is 6.08 Å². The number of amides is 1. The van der Waals surface area contributed by atoms with Gasteiger partial charge in [0.1, 0.15) is 5.75 Å². The molecule has 2 aromatic rings. The van der Waals surface area contributed by atoms with Crippen LogP contribution in [-0.4, -0.2) is 25.1 Å². The number of esters is 1. The van der Waals surface area contributed by atoms with Gasteiger partial charge in [0.05, 0.1) is 12.2 Å². The zero-order valence-corrected chi connectivity index (χ0v) is 15.0. The number of nitrogens with one attached hydrogen (secondary N) is 1. The Labute approximate surface area is 159 Å². The summed E-state index contributed by atoms with van der Waals surface area (Å²) < 4.78 is 47.7. The Balaban J connectivity index is 1.85. The topological polar surface area (TPSA) is 64.6 Å². The molecule has 1 N–H and O–H groups in total. The maximum Gasteiger partial charge on any atom is 0.416 e. The van der Waals surface area contributed by atoms with Crippen molar-refractivity contribution in [2.24, 2.45) is 0 Å². The molecule has 0 aliphatic heterocycles. The molecule has 5 nitrogen and oxygen atoms in total. The Hall–Kier alpha value is -3.29. The third-order valence-electron chi connectivity index (χ3n) is 3.46. The molecule has 0 bridgehead atoms.